The number of nitrogens with zero attached hydrogens (tertiary/aromatic N) is 3. The van der Waals surface area contributed by atoms with Crippen molar-refractivity contribution >= 4 is 22.9 Å². The van der Waals surface area contributed by atoms with Gasteiger partial charge in [-0.25, -0.2) is 14.8 Å². The van der Waals surface area contributed by atoms with E-state index < -0.39 is 11.7 Å². The maximum atomic E-state index is 12.6. The number of halogens is 3. The summed E-state index contributed by atoms with van der Waals surface area (Å²) in [5, 5.41) is 0.581. The number of benzene rings is 1. The SMILES string of the molecule is CCCSc1ncc2c(n1)[nH]c(=O)n2Cc1ccc(C(F)(F)F)cc1. The zero-order chi connectivity index (χ0) is 18.0. The summed E-state index contributed by atoms with van der Waals surface area (Å²) < 4.78 is 39.3. The standard InChI is InChI=1S/C16H15F3N4OS/c1-2-7-25-14-20-8-12-13(21-14)22-15(24)23(12)9-10-3-5-11(6-4-10)16(17,18)19/h3-6,8H,2,7,9H2,1H3,(H,20,21,22,24). The molecule has 0 fully saturated rings. The van der Waals surface area contributed by atoms with Crippen molar-refractivity contribution < 1.29 is 13.2 Å². The van der Waals surface area contributed by atoms with E-state index in [9.17, 15) is 18.0 Å². The monoisotopic (exact) mass is 368 g/mol. The molecule has 0 spiro atoms. The van der Waals surface area contributed by atoms with Crippen molar-refractivity contribution in [2.45, 2.75) is 31.2 Å². The molecule has 25 heavy (non-hydrogen) atoms. The number of rotatable bonds is 5. The van der Waals surface area contributed by atoms with Crippen LogP contribution in [0.4, 0.5) is 13.2 Å². The van der Waals surface area contributed by atoms with Gasteiger partial charge in [-0.15, -0.1) is 0 Å². The summed E-state index contributed by atoms with van der Waals surface area (Å²) >= 11 is 1.50. The lowest BCUT2D eigenvalue weighted by Gasteiger charge is -2.08. The zero-order valence-electron chi connectivity index (χ0n) is 13.3. The molecular formula is C16H15F3N4OS. The second-order valence-electron chi connectivity index (χ2n) is 5.45. The van der Waals surface area contributed by atoms with E-state index in [0.29, 0.717) is 21.9 Å². The first-order chi connectivity index (χ1) is 11.9. The molecule has 0 aliphatic rings. The number of aromatic amines is 1. The van der Waals surface area contributed by atoms with Crippen LogP contribution in [0.2, 0.25) is 0 Å². The summed E-state index contributed by atoms with van der Waals surface area (Å²) in [6.07, 6.45) is -1.84. The Hall–Kier alpha value is -2.29. The number of H-pyrrole nitrogens is 1. The number of aromatic nitrogens is 4. The molecule has 0 saturated carbocycles. The van der Waals surface area contributed by atoms with E-state index in [4.69, 9.17) is 0 Å². The summed E-state index contributed by atoms with van der Waals surface area (Å²) in [5.74, 6) is 0.877. The van der Waals surface area contributed by atoms with E-state index in [1.165, 1.54) is 28.5 Å². The van der Waals surface area contributed by atoms with Gasteiger partial charge in [-0.1, -0.05) is 30.8 Å². The Labute approximate surface area is 145 Å². The second kappa shape index (κ2) is 6.91. The van der Waals surface area contributed by atoms with E-state index in [2.05, 4.69) is 15.0 Å². The Morgan fingerprint density at radius 1 is 1.24 bits per heavy atom. The fourth-order valence-corrected chi connectivity index (χ4v) is 3.00. The first kappa shape index (κ1) is 17.5. The number of fused-ring (bicyclic) bond motifs is 1. The molecule has 9 heteroatoms. The van der Waals surface area contributed by atoms with Gasteiger partial charge in [0, 0.05) is 5.75 Å². The normalized spacial score (nSPS) is 12.0. The molecule has 0 atom stereocenters. The van der Waals surface area contributed by atoms with Crippen LogP contribution in [0, 0.1) is 0 Å². The van der Waals surface area contributed by atoms with E-state index in [1.807, 2.05) is 6.92 Å². The number of thioether (sulfide) groups is 1. The minimum Gasteiger partial charge on any atom is -0.290 e. The minimum absolute atomic E-state index is 0.141. The van der Waals surface area contributed by atoms with E-state index in [0.717, 1.165) is 24.3 Å². The number of alkyl halides is 3. The molecular weight excluding hydrogens is 353 g/mol. The van der Waals surface area contributed by atoms with Gasteiger partial charge in [0.05, 0.1) is 18.3 Å². The summed E-state index contributed by atoms with van der Waals surface area (Å²) in [4.78, 5) is 23.3. The Kier molecular flexibility index (Phi) is 4.85. The smallest absolute Gasteiger partial charge is 0.290 e. The average molecular weight is 368 g/mol. The molecule has 1 aromatic carbocycles. The van der Waals surface area contributed by atoms with Crippen LogP contribution in [0.1, 0.15) is 24.5 Å². The van der Waals surface area contributed by atoms with Gasteiger partial charge in [-0.2, -0.15) is 13.2 Å². The molecule has 0 aliphatic heterocycles. The maximum absolute atomic E-state index is 12.6. The van der Waals surface area contributed by atoms with Crippen molar-refractivity contribution in [2.24, 2.45) is 0 Å². The van der Waals surface area contributed by atoms with Crippen LogP contribution >= 0.6 is 11.8 Å². The van der Waals surface area contributed by atoms with E-state index in [1.54, 1.807) is 6.20 Å². The van der Waals surface area contributed by atoms with Crippen molar-refractivity contribution in [1.29, 1.82) is 0 Å². The van der Waals surface area contributed by atoms with Crippen LogP contribution in [-0.4, -0.2) is 25.3 Å². The number of hydrogen-bond donors (Lipinski definition) is 1. The Morgan fingerprint density at radius 3 is 2.60 bits per heavy atom. The van der Waals surface area contributed by atoms with Crippen molar-refractivity contribution in [3.8, 4) is 0 Å². The van der Waals surface area contributed by atoms with Crippen LogP contribution in [0.5, 0.6) is 0 Å². The molecule has 0 radical (unpaired) electrons. The quantitative estimate of drug-likeness (QED) is 0.551. The lowest BCUT2D eigenvalue weighted by atomic mass is 10.1. The molecule has 3 rings (SSSR count). The predicted octanol–water partition coefficient (Wildman–Crippen LogP) is 3.69. The van der Waals surface area contributed by atoms with Gasteiger partial charge < -0.3 is 0 Å². The van der Waals surface area contributed by atoms with Gasteiger partial charge in [-0.3, -0.25) is 9.55 Å². The highest BCUT2D eigenvalue weighted by atomic mass is 32.2. The molecule has 0 aliphatic carbocycles. The lowest BCUT2D eigenvalue weighted by molar-refractivity contribution is -0.137. The third-order valence-corrected chi connectivity index (χ3v) is 4.63. The molecule has 1 N–H and O–H groups in total. The fraction of sp³-hybridized carbons (Fsp3) is 0.312. The minimum atomic E-state index is -4.38. The maximum Gasteiger partial charge on any atom is 0.416 e. The largest absolute Gasteiger partial charge is 0.416 e. The number of nitrogens with one attached hydrogen (secondary N) is 1. The Balaban J connectivity index is 1.88. The van der Waals surface area contributed by atoms with E-state index in [-0.39, 0.29) is 12.2 Å². The molecule has 0 bridgehead atoms. The molecule has 2 heterocycles. The van der Waals surface area contributed by atoms with Crippen LogP contribution < -0.4 is 5.69 Å². The van der Waals surface area contributed by atoms with E-state index >= 15 is 0 Å². The van der Waals surface area contributed by atoms with Gasteiger partial charge in [0.2, 0.25) is 0 Å². The molecule has 132 valence electrons. The Morgan fingerprint density at radius 2 is 1.96 bits per heavy atom. The molecule has 3 aromatic rings. The average Bonchev–Trinajstić information content (AvgIpc) is 2.87. The highest BCUT2D eigenvalue weighted by Crippen LogP contribution is 2.29. The fourth-order valence-electron chi connectivity index (χ4n) is 2.33. The third kappa shape index (κ3) is 3.87. The molecule has 0 amide bonds. The highest BCUT2D eigenvalue weighted by Gasteiger charge is 2.29. The van der Waals surface area contributed by atoms with Crippen LogP contribution in [0.15, 0.2) is 40.4 Å². The van der Waals surface area contributed by atoms with Gasteiger partial charge in [0.15, 0.2) is 10.8 Å². The topological polar surface area (TPSA) is 63.6 Å². The molecule has 5 nitrogen and oxygen atoms in total. The van der Waals surface area contributed by atoms with Gasteiger partial charge in [-0.05, 0) is 24.1 Å². The van der Waals surface area contributed by atoms with Crippen molar-refractivity contribution in [3.63, 3.8) is 0 Å². The summed E-state index contributed by atoms with van der Waals surface area (Å²) in [6, 6.07) is 4.73. The first-order valence-electron chi connectivity index (χ1n) is 7.63. The lowest BCUT2D eigenvalue weighted by Crippen LogP contribution is -2.17. The first-order valence-corrected chi connectivity index (χ1v) is 8.61. The van der Waals surface area contributed by atoms with Crippen molar-refractivity contribution in [2.75, 3.05) is 5.75 Å². The van der Waals surface area contributed by atoms with Crippen LogP contribution in [0.3, 0.4) is 0 Å². The summed E-state index contributed by atoms with van der Waals surface area (Å²) in [5.41, 5.74) is 0.432. The highest BCUT2D eigenvalue weighted by molar-refractivity contribution is 7.99. The van der Waals surface area contributed by atoms with Crippen molar-refractivity contribution in [3.05, 3.63) is 52.1 Å². The van der Waals surface area contributed by atoms with Gasteiger partial charge in [0.25, 0.3) is 0 Å². The number of hydrogen-bond acceptors (Lipinski definition) is 4. The van der Waals surface area contributed by atoms with Gasteiger partial charge >= 0.3 is 11.9 Å². The van der Waals surface area contributed by atoms with Crippen molar-refractivity contribution in [1.82, 2.24) is 19.5 Å². The summed E-state index contributed by atoms with van der Waals surface area (Å²) in [6.45, 7) is 2.19. The van der Waals surface area contributed by atoms with Crippen LogP contribution in [-0.2, 0) is 12.7 Å². The molecule has 0 unspecified atom stereocenters. The predicted molar refractivity (Wildman–Crippen MR) is 89.7 cm³/mol. The molecule has 0 saturated heterocycles. The molecule has 2 aromatic heterocycles. The summed E-state index contributed by atoms with van der Waals surface area (Å²) in [7, 11) is 0. The Bertz CT molecular complexity index is 931. The third-order valence-electron chi connectivity index (χ3n) is 3.57. The zero-order valence-corrected chi connectivity index (χ0v) is 14.1. The second-order valence-corrected chi connectivity index (χ2v) is 6.51. The number of imidazole rings is 1. The van der Waals surface area contributed by atoms with Gasteiger partial charge in [0.1, 0.15) is 5.52 Å². The van der Waals surface area contributed by atoms with Crippen LogP contribution in [0.25, 0.3) is 11.2 Å².